The molecule has 3 rings (SSSR count). The summed E-state index contributed by atoms with van der Waals surface area (Å²) >= 11 is 0. The zero-order chi connectivity index (χ0) is 18.7. The molecule has 0 saturated heterocycles. The van der Waals surface area contributed by atoms with Gasteiger partial charge in [-0.3, -0.25) is 4.79 Å². The molecule has 3 aromatic rings. The highest BCUT2D eigenvalue weighted by Gasteiger charge is 2.09. The van der Waals surface area contributed by atoms with E-state index in [1.165, 1.54) is 12.7 Å². The van der Waals surface area contributed by atoms with Crippen molar-refractivity contribution in [1.82, 2.24) is 4.57 Å². The van der Waals surface area contributed by atoms with Gasteiger partial charge in [-0.2, -0.15) is 0 Å². The Bertz CT molecular complexity index is 940. The van der Waals surface area contributed by atoms with E-state index in [2.05, 4.69) is 42.1 Å². The molecule has 1 aromatic heterocycles. The van der Waals surface area contributed by atoms with Gasteiger partial charge in [0.25, 0.3) is 0 Å². The zero-order valence-corrected chi connectivity index (χ0v) is 15.2. The average molecular weight is 350 g/mol. The van der Waals surface area contributed by atoms with E-state index in [4.69, 9.17) is 0 Å². The number of aromatic nitrogens is 1. The van der Waals surface area contributed by atoms with Crippen molar-refractivity contribution in [2.24, 2.45) is 0 Å². The Morgan fingerprint density at radius 2 is 1.81 bits per heavy atom. The Balaban J connectivity index is 1.70. The maximum absolute atomic E-state index is 12.4. The SMILES string of the molecule is COC(=O)c1ccc(NC(=O)Cn2ccc3cc(C(C)C)ccc32)cc1. The average Bonchev–Trinajstić information content (AvgIpc) is 3.03. The second kappa shape index (κ2) is 7.44. The molecule has 5 nitrogen and oxygen atoms in total. The van der Waals surface area contributed by atoms with Crippen LogP contribution in [0.2, 0.25) is 0 Å². The summed E-state index contributed by atoms with van der Waals surface area (Å²) in [5, 5.41) is 3.98. The number of carbonyl (C=O) groups excluding carboxylic acids is 2. The molecule has 5 heteroatoms. The number of fused-ring (bicyclic) bond motifs is 1. The van der Waals surface area contributed by atoms with Gasteiger partial charge in [0.1, 0.15) is 6.54 Å². The van der Waals surface area contributed by atoms with Crippen LogP contribution in [-0.4, -0.2) is 23.6 Å². The second-order valence-electron chi connectivity index (χ2n) is 6.53. The van der Waals surface area contributed by atoms with E-state index in [1.807, 2.05) is 16.8 Å². The number of methoxy groups -OCH3 is 1. The van der Waals surface area contributed by atoms with Crippen LogP contribution in [0.25, 0.3) is 10.9 Å². The molecule has 1 amide bonds. The van der Waals surface area contributed by atoms with E-state index in [1.54, 1.807) is 24.3 Å². The van der Waals surface area contributed by atoms with Gasteiger partial charge < -0.3 is 14.6 Å². The number of esters is 1. The lowest BCUT2D eigenvalue weighted by atomic mass is 10.0. The van der Waals surface area contributed by atoms with Gasteiger partial charge in [-0.15, -0.1) is 0 Å². The zero-order valence-electron chi connectivity index (χ0n) is 15.2. The van der Waals surface area contributed by atoms with E-state index in [0.29, 0.717) is 17.2 Å². The van der Waals surface area contributed by atoms with Gasteiger partial charge in [-0.05, 0) is 59.3 Å². The summed E-state index contributed by atoms with van der Waals surface area (Å²) in [6.07, 6.45) is 1.93. The molecule has 134 valence electrons. The number of nitrogens with zero attached hydrogens (tertiary/aromatic N) is 1. The van der Waals surface area contributed by atoms with Gasteiger partial charge in [0.05, 0.1) is 12.7 Å². The number of rotatable bonds is 5. The van der Waals surface area contributed by atoms with Crippen molar-refractivity contribution in [2.45, 2.75) is 26.3 Å². The Labute approximate surface area is 152 Å². The number of amides is 1. The molecule has 1 heterocycles. The minimum atomic E-state index is -0.401. The van der Waals surface area contributed by atoms with Crippen molar-refractivity contribution < 1.29 is 14.3 Å². The molecule has 0 bridgehead atoms. The molecule has 0 saturated carbocycles. The van der Waals surface area contributed by atoms with Crippen LogP contribution in [0.1, 0.15) is 35.7 Å². The summed E-state index contributed by atoms with van der Waals surface area (Å²) in [4.78, 5) is 23.8. The number of ether oxygens (including phenoxy) is 1. The first-order valence-electron chi connectivity index (χ1n) is 8.55. The van der Waals surface area contributed by atoms with Gasteiger partial charge in [0.15, 0.2) is 0 Å². The first kappa shape index (κ1) is 17.7. The third kappa shape index (κ3) is 3.77. The Hall–Kier alpha value is -3.08. The molecule has 0 radical (unpaired) electrons. The van der Waals surface area contributed by atoms with Gasteiger partial charge in [0.2, 0.25) is 5.91 Å². The van der Waals surface area contributed by atoms with Crippen LogP contribution in [-0.2, 0) is 16.1 Å². The van der Waals surface area contributed by atoms with Crippen molar-refractivity contribution in [1.29, 1.82) is 0 Å². The monoisotopic (exact) mass is 350 g/mol. The van der Waals surface area contributed by atoms with Crippen molar-refractivity contribution in [2.75, 3.05) is 12.4 Å². The second-order valence-corrected chi connectivity index (χ2v) is 6.53. The van der Waals surface area contributed by atoms with Crippen LogP contribution in [0.4, 0.5) is 5.69 Å². The third-order valence-corrected chi connectivity index (χ3v) is 4.37. The Morgan fingerprint density at radius 1 is 1.08 bits per heavy atom. The van der Waals surface area contributed by atoms with E-state index < -0.39 is 5.97 Å². The number of benzene rings is 2. The predicted octanol–water partition coefficient (Wildman–Crippen LogP) is 4.19. The predicted molar refractivity (Wildman–Crippen MR) is 102 cm³/mol. The molecule has 0 aliphatic heterocycles. The Kier molecular flexibility index (Phi) is 5.07. The number of carbonyl (C=O) groups is 2. The minimum absolute atomic E-state index is 0.124. The van der Waals surface area contributed by atoms with Crippen molar-refractivity contribution in [3.8, 4) is 0 Å². The largest absolute Gasteiger partial charge is 0.465 e. The first-order chi connectivity index (χ1) is 12.5. The molecule has 0 fully saturated rings. The van der Waals surface area contributed by atoms with Crippen LogP contribution in [0.3, 0.4) is 0 Å². The summed E-state index contributed by atoms with van der Waals surface area (Å²) in [6, 6.07) is 15.0. The van der Waals surface area contributed by atoms with Crippen LogP contribution >= 0.6 is 0 Å². The van der Waals surface area contributed by atoms with E-state index in [9.17, 15) is 9.59 Å². The molecule has 0 spiro atoms. The molecule has 26 heavy (non-hydrogen) atoms. The van der Waals surface area contributed by atoms with Crippen LogP contribution in [0.15, 0.2) is 54.7 Å². The standard InChI is InChI=1S/C21H22N2O3/c1-14(2)16-6-9-19-17(12-16)10-11-23(19)13-20(24)22-18-7-4-15(5-8-18)21(25)26-3/h4-12,14H,13H2,1-3H3,(H,22,24). The van der Waals surface area contributed by atoms with Gasteiger partial charge in [-0.25, -0.2) is 4.79 Å². The fourth-order valence-corrected chi connectivity index (χ4v) is 2.88. The van der Waals surface area contributed by atoms with Gasteiger partial charge in [0, 0.05) is 17.4 Å². The quantitative estimate of drug-likeness (QED) is 0.702. The molecular formula is C21H22N2O3. The fraction of sp³-hybridized carbons (Fsp3) is 0.238. The summed E-state index contributed by atoms with van der Waals surface area (Å²) in [5.74, 6) is -0.0530. The maximum Gasteiger partial charge on any atom is 0.337 e. The number of hydrogen-bond acceptors (Lipinski definition) is 3. The molecule has 2 aromatic carbocycles. The normalized spacial score (nSPS) is 10.9. The van der Waals surface area contributed by atoms with Crippen molar-refractivity contribution in [3.05, 3.63) is 65.9 Å². The van der Waals surface area contributed by atoms with Crippen molar-refractivity contribution >= 4 is 28.5 Å². The Morgan fingerprint density at radius 3 is 2.46 bits per heavy atom. The molecule has 0 unspecified atom stereocenters. The first-order valence-corrected chi connectivity index (χ1v) is 8.55. The molecule has 0 aliphatic rings. The molecule has 0 aliphatic carbocycles. The van der Waals surface area contributed by atoms with E-state index in [0.717, 1.165) is 10.9 Å². The highest BCUT2D eigenvalue weighted by atomic mass is 16.5. The van der Waals surface area contributed by atoms with Crippen LogP contribution in [0.5, 0.6) is 0 Å². The smallest absolute Gasteiger partial charge is 0.337 e. The molecular weight excluding hydrogens is 328 g/mol. The van der Waals surface area contributed by atoms with E-state index in [-0.39, 0.29) is 12.5 Å². The number of nitrogens with one attached hydrogen (secondary N) is 1. The van der Waals surface area contributed by atoms with Crippen LogP contribution in [0, 0.1) is 0 Å². The van der Waals surface area contributed by atoms with Gasteiger partial charge >= 0.3 is 5.97 Å². The maximum atomic E-state index is 12.4. The third-order valence-electron chi connectivity index (χ3n) is 4.37. The topological polar surface area (TPSA) is 60.3 Å². The highest BCUT2D eigenvalue weighted by molar-refractivity contribution is 5.93. The summed E-state index contributed by atoms with van der Waals surface area (Å²) in [5.41, 5.74) is 3.40. The number of anilines is 1. The lowest BCUT2D eigenvalue weighted by molar-refractivity contribution is -0.116. The molecule has 0 atom stereocenters. The minimum Gasteiger partial charge on any atom is -0.465 e. The lowest BCUT2D eigenvalue weighted by Gasteiger charge is -2.09. The number of hydrogen-bond donors (Lipinski definition) is 1. The van der Waals surface area contributed by atoms with Crippen molar-refractivity contribution in [3.63, 3.8) is 0 Å². The highest BCUT2D eigenvalue weighted by Crippen LogP contribution is 2.22. The summed E-state index contributed by atoms with van der Waals surface area (Å²) < 4.78 is 6.59. The van der Waals surface area contributed by atoms with Crippen LogP contribution < -0.4 is 5.32 Å². The summed E-state index contributed by atoms with van der Waals surface area (Å²) in [7, 11) is 1.34. The molecule has 1 N–H and O–H groups in total. The van der Waals surface area contributed by atoms with Gasteiger partial charge in [-0.1, -0.05) is 19.9 Å². The van der Waals surface area contributed by atoms with E-state index >= 15 is 0 Å². The fourth-order valence-electron chi connectivity index (χ4n) is 2.88. The summed E-state index contributed by atoms with van der Waals surface area (Å²) in [6.45, 7) is 4.55. The lowest BCUT2D eigenvalue weighted by Crippen LogP contribution is -2.18.